The number of phenolic OH excluding ortho intramolecular Hbond substituents is 1. The number of likely N-dealkylation sites (tertiary alicyclic amines) is 1. The molecule has 0 unspecified atom stereocenters. The second-order valence-corrected chi connectivity index (χ2v) is 7.89. The Morgan fingerprint density at radius 3 is 2.96 bits per heavy atom. The molecule has 2 aromatic rings. The minimum atomic E-state index is -1.02. The van der Waals surface area contributed by atoms with Crippen LogP contribution in [0.5, 0.6) is 11.5 Å². The van der Waals surface area contributed by atoms with Gasteiger partial charge in [0.25, 0.3) is 0 Å². The second kappa shape index (κ2) is 6.53. The molecule has 1 aromatic carbocycles. The molecule has 2 N–H and O–H groups in total. The highest BCUT2D eigenvalue weighted by Gasteiger charge is 2.50. The highest BCUT2D eigenvalue weighted by Crippen LogP contribution is 2.49. The van der Waals surface area contributed by atoms with Crippen molar-refractivity contribution in [1.29, 1.82) is 0 Å². The molecule has 6 heteroatoms. The summed E-state index contributed by atoms with van der Waals surface area (Å²) in [6, 6.07) is 7.55. The Kier molecular flexibility index (Phi) is 4.30. The molecule has 2 bridgehead atoms. The lowest BCUT2D eigenvalue weighted by atomic mass is 9.58. The van der Waals surface area contributed by atoms with Gasteiger partial charge in [0.05, 0.1) is 18.4 Å². The number of carboxylic acid groups (broad SMARTS) is 1. The third-order valence-corrected chi connectivity index (χ3v) is 6.36. The lowest BCUT2D eigenvalue weighted by Crippen LogP contribution is -2.59. The molecule has 27 heavy (non-hydrogen) atoms. The maximum Gasteiger partial charge on any atom is 0.337 e. The highest BCUT2D eigenvalue weighted by atomic mass is 16.5. The standard InChI is InChI=1S/C21H24N2O4/c1-21-5-6-23(2)19(8-13-3-4-15(24)9-17(13)21)18(21)12-27-16-7-14(20(25)26)10-22-11-16/h3-4,7,9-11,18-19,24H,5-6,8,12H2,1-2H3,(H,25,26)/t18-,19-,21+/m1/s1. The van der Waals surface area contributed by atoms with Crippen molar-refractivity contribution in [3.63, 3.8) is 0 Å². The zero-order valence-corrected chi connectivity index (χ0v) is 15.6. The van der Waals surface area contributed by atoms with Crippen molar-refractivity contribution < 1.29 is 19.7 Å². The summed E-state index contributed by atoms with van der Waals surface area (Å²) in [7, 11) is 2.15. The van der Waals surface area contributed by atoms with Crippen LogP contribution >= 0.6 is 0 Å². The number of piperidine rings is 1. The number of carbonyl (C=O) groups is 1. The maximum atomic E-state index is 11.2. The molecule has 142 valence electrons. The predicted octanol–water partition coefficient (Wildman–Crippen LogP) is 2.70. The van der Waals surface area contributed by atoms with Crippen LogP contribution < -0.4 is 4.74 Å². The first kappa shape index (κ1) is 17.8. The number of aromatic hydroxyl groups is 1. The van der Waals surface area contributed by atoms with Gasteiger partial charge in [0.2, 0.25) is 0 Å². The number of phenols is 1. The monoisotopic (exact) mass is 368 g/mol. The molecule has 1 aliphatic carbocycles. The Morgan fingerprint density at radius 1 is 1.37 bits per heavy atom. The molecular weight excluding hydrogens is 344 g/mol. The number of pyridine rings is 1. The van der Waals surface area contributed by atoms with E-state index in [4.69, 9.17) is 9.84 Å². The number of nitrogens with zero attached hydrogens (tertiary/aromatic N) is 2. The third kappa shape index (κ3) is 3.04. The van der Waals surface area contributed by atoms with E-state index in [9.17, 15) is 9.90 Å². The van der Waals surface area contributed by atoms with Gasteiger partial charge in [0.1, 0.15) is 11.5 Å². The number of ether oxygens (including phenoxy) is 1. The Balaban J connectivity index is 1.64. The van der Waals surface area contributed by atoms with Crippen LogP contribution in [0.3, 0.4) is 0 Å². The summed E-state index contributed by atoms with van der Waals surface area (Å²) in [4.78, 5) is 17.5. The lowest BCUT2D eigenvalue weighted by Gasteiger charge is -2.54. The van der Waals surface area contributed by atoms with Gasteiger partial charge in [-0.15, -0.1) is 0 Å². The van der Waals surface area contributed by atoms with Crippen LogP contribution in [0.25, 0.3) is 0 Å². The number of benzene rings is 1. The minimum Gasteiger partial charge on any atom is -0.508 e. The van der Waals surface area contributed by atoms with Crippen LogP contribution in [0.2, 0.25) is 0 Å². The van der Waals surface area contributed by atoms with E-state index in [1.165, 1.54) is 23.4 Å². The van der Waals surface area contributed by atoms with E-state index in [1.54, 1.807) is 12.3 Å². The minimum absolute atomic E-state index is 0.0959. The van der Waals surface area contributed by atoms with Crippen molar-refractivity contribution in [2.45, 2.75) is 31.2 Å². The summed E-state index contributed by atoms with van der Waals surface area (Å²) in [6.45, 7) is 3.73. The van der Waals surface area contributed by atoms with Crippen molar-refractivity contribution >= 4 is 5.97 Å². The summed E-state index contributed by atoms with van der Waals surface area (Å²) in [5.41, 5.74) is 2.52. The Bertz CT molecular complexity index is 884. The summed E-state index contributed by atoms with van der Waals surface area (Å²) in [6.07, 6.45) is 4.77. The number of carboxylic acids is 1. The quantitative estimate of drug-likeness (QED) is 0.863. The molecule has 1 fully saturated rings. The van der Waals surface area contributed by atoms with Crippen molar-refractivity contribution in [3.8, 4) is 11.5 Å². The first-order chi connectivity index (χ1) is 12.9. The highest BCUT2D eigenvalue weighted by molar-refractivity contribution is 5.87. The molecule has 1 saturated heterocycles. The van der Waals surface area contributed by atoms with Crippen molar-refractivity contribution in [2.24, 2.45) is 5.92 Å². The number of rotatable bonds is 4. The second-order valence-electron chi connectivity index (χ2n) is 7.89. The number of likely N-dealkylation sites (N-methyl/N-ethyl adjacent to an activating group) is 1. The van der Waals surface area contributed by atoms with Gasteiger partial charge < -0.3 is 19.8 Å². The summed E-state index contributed by atoms with van der Waals surface area (Å²) >= 11 is 0. The van der Waals surface area contributed by atoms with Crippen LogP contribution in [-0.2, 0) is 11.8 Å². The van der Waals surface area contributed by atoms with Crippen LogP contribution in [0, 0.1) is 5.92 Å². The predicted molar refractivity (Wildman–Crippen MR) is 100 cm³/mol. The number of hydrogen-bond acceptors (Lipinski definition) is 5. The smallest absolute Gasteiger partial charge is 0.337 e. The number of aromatic nitrogens is 1. The van der Waals surface area contributed by atoms with Crippen molar-refractivity contribution in [2.75, 3.05) is 20.2 Å². The fraction of sp³-hybridized carbons (Fsp3) is 0.429. The molecule has 1 aliphatic heterocycles. The van der Waals surface area contributed by atoms with Crippen molar-refractivity contribution in [1.82, 2.24) is 9.88 Å². The van der Waals surface area contributed by atoms with Gasteiger partial charge in [-0.2, -0.15) is 0 Å². The Hall–Kier alpha value is -2.60. The molecule has 0 radical (unpaired) electrons. The number of fused-ring (bicyclic) bond motifs is 4. The van der Waals surface area contributed by atoms with Crippen LogP contribution in [-0.4, -0.2) is 52.3 Å². The van der Waals surface area contributed by atoms with E-state index >= 15 is 0 Å². The van der Waals surface area contributed by atoms with E-state index in [1.807, 2.05) is 12.1 Å². The number of hydrogen-bond donors (Lipinski definition) is 2. The van der Waals surface area contributed by atoms with E-state index in [2.05, 4.69) is 23.9 Å². The topological polar surface area (TPSA) is 82.9 Å². The molecule has 6 nitrogen and oxygen atoms in total. The Morgan fingerprint density at radius 2 is 2.19 bits per heavy atom. The molecule has 0 amide bonds. The molecule has 1 aromatic heterocycles. The van der Waals surface area contributed by atoms with E-state index in [0.717, 1.165) is 19.4 Å². The molecule has 2 heterocycles. The average molecular weight is 368 g/mol. The van der Waals surface area contributed by atoms with E-state index in [-0.39, 0.29) is 16.9 Å². The van der Waals surface area contributed by atoms with Gasteiger partial charge in [-0.25, -0.2) is 4.79 Å². The van der Waals surface area contributed by atoms with Crippen LogP contribution in [0.15, 0.2) is 36.7 Å². The van der Waals surface area contributed by atoms with Gasteiger partial charge in [-0.3, -0.25) is 4.98 Å². The van der Waals surface area contributed by atoms with E-state index in [0.29, 0.717) is 24.1 Å². The van der Waals surface area contributed by atoms with Gasteiger partial charge in [0, 0.05) is 23.6 Å². The average Bonchev–Trinajstić information content (AvgIpc) is 2.65. The van der Waals surface area contributed by atoms with E-state index < -0.39 is 5.97 Å². The summed E-state index contributed by atoms with van der Waals surface area (Å²) in [5, 5.41) is 19.2. The molecule has 2 aliphatic rings. The van der Waals surface area contributed by atoms with Gasteiger partial charge in [-0.05, 0) is 55.8 Å². The zero-order valence-electron chi connectivity index (χ0n) is 15.6. The Labute approximate surface area is 158 Å². The molecule has 0 spiro atoms. The fourth-order valence-corrected chi connectivity index (χ4v) is 4.72. The first-order valence-corrected chi connectivity index (χ1v) is 9.22. The normalized spacial score (nSPS) is 27.0. The van der Waals surface area contributed by atoms with Gasteiger partial charge in [0.15, 0.2) is 0 Å². The molecular formula is C21H24N2O4. The van der Waals surface area contributed by atoms with Crippen LogP contribution in [0.1, 0.15) is 34.8 Å². The third-order valence-electron chi connectivity index (χ3n) is 6.36. The summed E-state index contributed by atoms with van der Waals surface area (Å²) in [5.74, 6) is -0.0102. The van der Waals surface area contributed by atoms with Crippen LogP contribution in [0.4, 0.5) is 0 Å². The van der Waals surface area contributed by atoms with Gasteiger partial charge >= 0.3 is 5.97 Å². The lowest BCUT2D eigenvalue weighted by molar-refractivity contribution is 0.0117. The van der Waals surface area contributed by atoms with Crippen molar-refractivity contribution in [3.05, 3.63) is 53.3 Å². The number of aromatic carboxylic acids is 1. The molecule has 3 atom stereocenters. The maximum absolute atomic E-state index is 11.2. The fourth-order valence-electron chi connectivity index (χ4n) is 4.72. The SMILES string of the molecule is CN1CC[C@@]2(C)c3cc(O)ccc3C[C@@H]1[C@H]2COc1cncc(C(=O)O)c1. The largest absolute Gasteiger partial charge is 0.508 e. The first-order valence-electron chi connectivity index (χ1n) is 9.22. The summed E-state index contributed by atoms with van der Waals surface area (Å²) < 4.78 is 6.02. The van der Waals surface area contributed by atoms with Gasteiger partial charge in [-0.1, -0.05) is 13.0 Å². The zero-order chi connectivity index (χ0) is 19.2. The molecule has 0 saturated carbocycles. The molecule has 4 rings (SSSR count).